The Morgan fingerprint density at radius 2 is 1.88 bits per heavy atom. The second-order valence-corrected chi connectivity index (χ2v) is 10.1. The number of benzene rings is 2. The van der Waals surface area contributed by atoms with E-state index in [0.717, 1.165) is 22.7 Å². The molecule has 1 amide bonds. The van der Waals surface area contributed by atoms with Crippen LogP contribution in [0.5, 0.6) is 11.5 Å². The van der Waals surface area contributed by atoms with Crippen molar-refractivity contribution in [1.82, 2.24) is 9.71 Å². The number of anilines is 1. The second kappa shape index (κ2) is 10.8. The molecule has 2 heterocycles. The van der Waals surface area contributed by atoms with Crippen LogP contribution in [0, 0.1) is 0 Å². The van der Waals surface area contributed by atoms with Gasteiger partial charge in [-0.3, -0.25) is 4.79 Å². The van der Waals surface area contributed by atoms with Gasteiger partial charge in [-0.1, -0.05) is 18.6 Å². The van der Waals surface area contributed by atoms with Crippen LogP contribution in [-0.2, 0) is 14.8 Å². The molecule has 174 valence electrons. The molecule has 10 heteroatoms. The normalized spacial score (nSPS) is 13.0. The molecule has 33 heavy (non-hydrogen) atoms. The standard InChI is InChI=1S/C23H25N3O5S2/c27-22(26-18-6-4-5-17(15-18)23-24-11-14-32-23)7-2-1-3-10-25-33(28,29)19-8-9-20-21(16-19)31-13-12-30-20/h4-6,8-9,11,14-16,25H,1-3,7,10,12-13H2,(H,26,27). The molecule has 0 spiro atoms. The van der Waals surface area contributed by atoms with Crippen LogP contribution in [0.25, 0.3) is 10.6 Å². The van der Waals surface area contributed by atoms with Crippen LogP contribution in [0.3, 0.4) is 0 Å². The number of ether oxygens (including phenoxy) is 2. The summed E-state index contributed by atoms with van der Waals surface area (Å²) in [7, 11) is -3.63. The summed E-state index contributed by atoms with van der Waals surface area (Å²) in [4.78, 5) is 16.7. The van der Waals surface area contributed by atoms with Gasteiger partial charge in [0.2, 0.25) is 15.9 Å². The second-order valence-electron chi connectivity index (χ2n) is 7.48. The maximum atomic E-state index is 12.5. The first-order valence-corrected chi connectivity index (χ1v) is 13.1. The fourth-order valence-electron chi connectivity index (χ4n) is 3.39. The topological polar surface area (TPSA) is 107 Å². The Hall–Kier alpha value is -2.95. The highest BCUT2D eigenvalue weighted by Crippen LogP contribution is 2.32. The molecular formula is C23H25N3O5S2. The predicted molar refractivity (Wildman–Crippen MR) is 127 cm³/mol. The van der Waals surface area contributed by atoms with E-state index in [1.807, 2.05) is 29.6 Å². The number of aromatic nitrogens is 1. The molecule has 0 saturated heterocycles. The third-order valence-corrected chi connectivity index (χ3v) is 7.30. The Bertz CT molecular complexity index is 1200. The van der Waals surface area contributed by atoms with Crippen molar-refractivity contribution in [3.05, 3.63) is 54.0 Å². The van der Waals surface area contributed by atoms with Crippen molar-refractivity contribution in [2.45, 2.75) is 30.6 Å². The summed E-state index contributed by atoms with van der Waals surface area (Å²) in [5, 5.41) is 5.73. The van der Waals surface area contributed by atoms with Crippen LogP contribution >= 0.6 is 11.3 Å². The Balaban J connectivity index is 1.17. The SMILES string of the molecule is O=C(CCCCCNS(=O)(=O)c1ccc2c(c1)OCCO2)Nc1cccc(-c2nccs2)c1. The molecular weight excluding hydrogens is 462 g/mol. The molecule has 0 radical (unpaired) electrons. The summed E-state index contributed by atoms with van der Waals surface area (Å²) in [6, 6.07) is 12.2. The van der Waals surface area contributed by atoms with Crippen molar-refractivity contribution in [2.24, 2.45) is 0 Å². The van der Waals surface area contributed by atoms with Crippen molar-refractivity contribution < 1.29 is 22.7 Å². The Morgan fingerprint density at radius 1 is 1.03 bits per heavy atom. The minimum absolute atomic E-state index is 0.0665. The van der Waals surface area contributed by atoms with Gasteiger partial charge >= 0.3 is 0 Å². The molecule has 0 saturated carbocycles. The van der Waals surface area contributed by atoms with E-state index >= 15 is 0 Å². The fraction of sp³-hybridized carbons (Fsp3) is 0.304. The van der Waals surface area contributed by atoms with Crippen molar-refractivity contribution in [2.75, 3.05) is 25.1 Å². The highest BCUT2D eigenvalue weighted by atomic mass is 32.2. The minimum atomic E-state index is -3.63. The van der Waals surface area contributed by atoms with E-state index in [1.54, 1.807) is 23.6 Å². The van der Waals surface area contributed by atoms with E-state index in [0.29, 0.717) is 50.5 Å². The van der Waals surface area contributed by atoms with Crippen LogP contribution in [0.2, 0.25) is 0 Å². The summed E-state index contributed by atoms with van der Waals surface area (Å²) in [5.41, 5.74) is 1.70. The molecule has 1 aliphatic rings. The van der Waals surface area contributed by atoms with Gasteiger partial charge in [0.1, 0.15) is 18.2 Å². The zero-order valence-corrected chi connectivity index (χ0v) is 19.6. The molecule has 8 nitrogen and oxygen atoms in total. The van der Waals surface area contributed by atoms with Crippen molar-refractivity contribution in [3.8, 4) is 22.1 Å². The van der Waals surface area contributed by atoms with E-state index in [4.69, 9.17) is 9.47 Å². The molecule has 3 aromatic rings. The highest BCUT2D eigenvalue weighted by Gasteiger charge is 2.19. The Labute approximate surface area is 197 Å². The molecule has 2 N–H and O–H groups in total. The quantitative estimate of drug-likeness (QED) is 0.418. The summed E-state index contributed by atoms with van der Waals surface area (Å²) in [6.07, 6.45) is 4.16. The van der Waals surface area contributed by atoms with Gasteiger partial charge < -0.3 is 14.8 Å². The summed E-state index contributed by atoms with van der Waals surface area (Å²) < 4.78 is 38.5. The van der Waals surface area contributed by atoms with Gasteiger partial charge in [-0.15, -0.1) is 11.3 Å². The highest BCUT2D eigenvalue weighted by molar-refractivity contribution is 7.89. The number of unbranched alkanes of at least 4 members (excludes halogenated alkanes) is 2. The molecule has 4 rings (SSSR count). The number of nitrogens with zero attached hydrogens (tertiary/aromatic N) is 1. The average molecular weight is 488 g/mol. The molecule has 1 aliphatic heterocycles. The number of carbonyl (C=O) groups excluding carboxylic acids is 1. The minimum Gasteiger partial charge on any atom is -0.486 e. The van der Waals surface area contributed by atoms with Gasteiger partial charge in [0.05, 0.1) is 4.90 Å². The van der Waals surface area contributed by atoms with Crippen molar-refractivity contribution in [1.29, 1.82) is 0 Å². The lowest BCUT2D eigenvalue weighted by Crippen LogP contribution is -2.25. The number of thiazole rings is 1. The van der Waals surface area contributed by atoms with Gasteiger partial charge in [0.15, 0.2) is 11.5 Å². The lowest BCUT2D eigenvalue weighted by Gasteiger charge is -2.18. The smallest absolute Gasteiger partial charge is 0.240 e. The van der Waals surface area contributed by atoms with Crippen molar-refractivity contribution in [3.63, 3.8) is 0 Å². The van der Waals surface area contributed by atoms with Crippen LogP contribution in [-0.4, -0.2) is 39.1 Å². The molecule has 0 fully saturated rings. The Morgan fingerprint density at radius 3 is 2.70 bits per heavy atom. The van der Waals surface area contributed by atoms with E-state index in [2.05, 4.69) is 15.0 Å². The zero-order valence-electron chi connectivity index (χ0n) is 18.0. The zero-order chi connectivity index (χ0) is 23.1. The number of sulfonamides is 1. The van der Waals surface area contributed by atoms with Crippen LogP contribution in [0.15, 0.2) is 58.9 Å². The number of rotatable bonds is 10. The third kappa shape index (κ3) is 6.31. The molecule has 0 atom stereocenters. The van der Waals surface area contributed by atoms with E-state index in [1.165, 1.54) is 12.1 Å². The average Bonchev–Trinajstić information content (AvgIpc) is 3.36. The molecule has 0 bridgehead atoms. The van der Waals surface area contributed by atoms with Gasteiger partial charge in [-0.2, -0.15) is 0 Å². The third-order valence-electron chi connectivity index (χ3n) is 5.02. The molecule has 0 unspecified atom stereocenters. The van der Waals surface area contributed by atoms with Crippen LogP contribution in [0.4, 0.5) is 5.69 Å². The summed E-state index contributed by atoms with van der Waals surface area (Å²) in [5.74, 6) is 0.920. The van der Waals surface area contributed by atoms with Crippen LogP contribution in [0.1, 0.15) is 25.7 Å². The van der Waals surface area contributed by atoms with Gasteiger partial charge in [0.25, 0.3) is 0 Å². The monoisotopic (exact) mass is 487 g/mol. The maximum absolute atomic E-state index is 12.5. The first kappa shape index (κ1) is 23.2. The number of fused-ring (bicyclic) bond motifs is 1. The van der Waals surface area contributed by atoms with E-state index < -0.39 is 10.0 Å². The lowest BCUT2D eigenvalue weighted by atomic mass is 10.1. The maximum Gasteiger partial charge on any atom is 0.240 e. The van der Waals surface area contributed by atoms with Gasteiger partial charge in [0, 0.05) is 41.9 Å². The fourth-order valence-corrected chi connectivity index (χ4v) is 5.11. The largest absolute Gasteiger partial charge is 0.486 e. The number of nitrogens with one attached hydrogen (secondary N) is 2. The lowest BCUT2D eigenvalue weighted by molar-refractivity contribution is -0.116. The van der Waals surface area contributed by atoms with E-state index in [9.17, 15) is 13.2 Å². The summed E-state index contributed by atoms with van der Waals surface area (Å²) >= 11 is 1.55. The first-order chi connectivity index (χ1) is 16.0. The molecule has 1 aromatic heterocycles. The predicted octanol–water partition coefficient (Wildman–Crippen LogP) is 4.06. The first-order valence-electron chi connectivity index (χ1n) is 10.7. The van der Waals surface area contributed by atoms with E-state index in [-0.39, 0.29) is 10.8 Å². The van der Waals surface area contributed by atoms with Gasteiger partial charge in [-0.05, 0) is 37.1 Å². The molecule has 2 aromatic carbocycles. The Kier molecular flexibility index (Phi) is 7.58. The number of carbonyl (C=O) groups is 1. The summed E-state index contributed by atoms with van der Waals surface area (Å²) in [6.45, 7) is 1.15. The van der Waals surface area contributed by atoms with Crippen LogP contribution < -0.4 is 19.5 Å². The molecule has 0 aliphatic carbocycles. The number of hydrogen-bond acceptors (Lipinski definition) is 7. The van der Waals surface area contributed by atoms with Gasteiger partial charge in [-0.25, -0.2) is 18.1 Å². The van der Waals surface area contributed by atoms with Crippen molar-refractivity contribution >= 4 is 33.0 Å². The number of hydrogen-bond donors (Lipinski definition) is 2. The number of amides is 1.